The number of aliphatic carboxylic acids is 1. The first kappa shape index (κ1) is 30.4. The number of furan rings is 1. The van der Waals surface area contributed by atoms with Crippen molar-refractivity contribution in [1.82, 2.24) is 14.9 Å². The normalized spacial score (nSPS) is 11.8. The van der Waals surface area contributed by atoms with Crippen LogP contribution >= 0.6 is 11.6 Å². The fourth-order valence-corrected chi connectivity index (χ4v) is 5.20. The Morgan fingerprint density at radius 3 is 2.50 bits per heavy atom. The smallest absolute Gasteiger partial charge is 0.373 e. The summed E-state index contributed by atoms with van der Waals surface area (Å²) in [5, 5.41) is 10.5. The van der Waals surface area contributed by atoms with E-state index in [9.17, 15) is 19.5 Å². The molecule has 3 heterocycles. The third-order valence-corrected chi connectivity index (χ3v) is 7.95. The van der Waals surface area contributed by atoms with Crippen molar-refractivity contribution >= 4 is 40.3 Å². The molecule has 224 valence electrons. The summed E-state index contributed by atoms with van der Waals surface area (Å²) in [5.74, 6) is -2.09. The van der Waals surface area contributed by atoms with Crippen molar-refractivity contribution in [1.29, 1.82) is 0 Å². The van der Waals surface area contributed by atoms with Gasteiger partial charge in [-0.2, -0.15) is 0 Å². The highest BCUT2D eigenvalue weighted by Gasteiger charge is 2.25. The van der Waals surface area contributed by atoms with Gasteiger partial charge in [-0.25, -0.2) is 4.79 Å². The lowest BCUT2D eigenvalue weighted by atomic mass is 9.97. The molecular formula is C34H30ClN3O6. The first-order valence-corrected chi connectivity index (χ1v) is 14.2. The molecule has 3 aromatic heterocycles. The Morgan fingerprint density at radius 2 is 1.77 bits per heavy atom. The fourth-order valence-electron chi connectivity index (χ4n) is 4.98. The third kappa shape index (κ3) is 6.18. The van der Waals surface area contributed by atoms with Gasteiger partial charge >= 0.3 is 11.9 Å². The maximum absolute atomic E-state index is 14.3. The third-order valence-electron chi connectivity index (χ3n) is 7.62. The molecule has 1 amide bonds. The number of carboxylic acid groups (broad SMARTS) is 1. The molecule has 0 saturated heterocycles. The second-order valence-corrected chi connectivity index (χ2v) is 10.9. The molecule has 1 atom stereocenters. The van der Waals surface area contributed by atoms with E-state index < -0.39 is 17.9 Å². The molecule has 1 N–H and O–H groups in total. The van der Waals surface area contributed by atoms with Crippen LogP contribution in [0.4, 0.5) is 0 Å². The second-order valence-electron chi connectivity index (χ2n) is 10.5. The number of para-hydroxylation sites is 1. The number of carbonyl (C=O) groups is 3. The van der Waals surface area contributed by atoms with Crippen LogP contribution in [0.15, 0.2) is 77.3 Å². The van der Waals surface area contributed by atoms with Crippen LogP contribution in [-0.2, 0) is 22.6 Å². The van der Waals surface area contributed by atoms with Gasteiger partial charge in [-0.1, -0.05) is 54.1 Å². The van der Waals surface area contributed by atoms with Gasteiger partial charge in [0, 0.05) is 22.8 Å². The van der Waals surface area contributed by atoms with Crippen LogP contribution in [0.3, 0.4) is 0 Å². The Balaban J connectivity index is 1.52. The predicted octanol–water partition coefficient (Wildman–Crippen LogP) is 6.98. The molecule has 0 radical (unpaired) electrons. The first-order valence-electron chi connectivity index (χ1n) is 13.9. The number of rotatable bonds is 9. The zero-order valence-corrected chi connectivity index (χ0v) is 25.4. The van der Waals surface area contributed by atoms with Crippen LogP contribution in [0.25, 0.3) is 22.0 Å². The van der Waals surface area contributed by atoms with Gasteiger partial charge < -0.3 is 19.2 Å². The highest BCUT2D eigenvalue weighted by molar-refractivity contribution is 6.31. The summed E-state index contributed by atoms with van der Waals surface area (Å²) in [6, 6.07) is 19.5. The van der Waals surface area contributed by atoms with E-state index in [-0.39, 0.29) is 24.8 Å². The van der Waals surface area contributed by atoms with Crippen LogP contribution in [-0.4, -0.2) is 44.9 Å². The minimum absolute atomic E-state index is 0.0243. The average Bonchev–Trinajstić information content (AvgIpc) is 3.49. The number of pyridine rings is 2. The van der Waals surface area contributed by atoms with E-state index in [1.165, 1.54) is 13.2 Å². The summed E-state index contributed by atoms with van der Waals surface area (Å²) in [5.41, 5.74) is 5.27. The number of methoxy groups -OCH3 is 1. The largest absolute Gasteiger partial charge is 0.481 e. The Labute approximate surface area is 259 Å². The van der Waals surface area contributed by atoms with Crippen LogP contribution in [0, 0.1) is 13.8 Å². The van der Waals surface area contributed by atoms with Crippen molar-refractivity contribution < 1.29 is 28.6 Å². The van der Waals surface area contributed by atoms with Gasteiger partial charge in [-0.15, -0.1) is 0 Å². The van der Waals surface area contributed by atoms with E-state index in [1.807, 2.05) is 44.2 Å². The van der Waals surface area contributed by atoms with Gasteiger partial charge in [-0.3, -0.25) is 19.6 Å². The number of carbonyl (C=O) groups excluding carboxylic acids is 2. The lowest BCUT2D eigenvalue weighted by Gasteiger charge is -2.24. The van der Waals surface area contributed by atoms with Gasteiger partial charge in [0.1, 0.15) is 5.76 Å². The van der Waals surface area contributed by atoms with Crippen molar-refractivity contribution in [3.05, 3.63) is 118 Å². The van der Waals surface area contributed by atoms with E-state index in [2.05, 4.69) is 9.97 Å². The number of carboxylic acids is 1. The number of benzene rings is 2. The van der Waals surface area contributed by atoms with Crippen LogP contribution < -0.4 is 0 Å². The molecule has 1 unspecified atom stereocenters. The monoisotopic (exact) mass is 611 g/mol. The fraction of sp³-hybridized carbons (Fsp3) is 0.206. The second kappa shape index (κ2) is 12.7. The van der Waals surface area contributed by atoms with E-state index in [4.69, 9.17) is 20.8 Å². The number of amides is 1. The molecule has 5 aromatic rings. The predicted molar refractivity (Wildman–Crippen MR) is 166 cm³/mol. The number of hydrogen-bond acceptors (Lipinski definition) is 7. The SMILES string of the molecule is COC(=O)c1ccc(CN(Cc2ncc(-c3cccc(C(C)C(=O)O)c3)cc2Cl)C(=O)c2c(C)c(C)nc3ccccc23)o1. The molecule has 0 aliphatic heterocycles. The molecule has 5 rings (SSSR count). The highest BCUT2D eigenvalue weighted by atomic mass is 35.5. The Bertz CT molecular complexity index is 1900. The Morgan fingerprint density at radius 1 is 1.00 bits per heavy atom. The summed E-state index contributed by atoms with van der Waals surface area (Å²) in [7, 11) is 1.26. The molecule has 44 heavy (non-hydrogen) atoms. The first-order chi connectivity index (χ1) is 21.1. The molecule has 0 saturated carbocycles. The molecule has 0 aliphatic rings. The zero-order chi connectivity index (χ0) is 31.5. The highest BCUT2D eigenvalue weighted by Crippen LogP contribution is 2.30. The van der Waals surface area contributed by atoms with Gasteiger partial charge in [0.05, 0.1) is 47.9 Å². The Kier molecular flexibility index (Phi) is 8.78. The summed E-state index contributed by atoms with van der Waals surface area (Å²) < 4.78 is 10.5. The lowest BCUT2D eigenvalue weighted by molar-refractivity contribution is -0.138. The minimum Gasteiger partial charge on any atom is -0.481 e. The summed E-state index contributed by atoms with van der Waals surface area (Å²) >= 11 is 6.76. The van der Waals surface area contributed by atoms with Crippen molar-refractivity contribution in [2.45, 2.75) is 39.8 Å². The molecule has 2 aromatic carbocycles. The van der Waals surface area contributed by atoms with Crippen LogP contribution in [0.2, 0.25) is 5.02 Å². The Hall–Kier alpha value is -5.02. The van der Waals surface area contributed by atoms with E-state index in [0.717, 1.165) is 16.8 Å². The number of ether oxygens (including phenoxy) is 1. The van der Waals surface area contributed by atoms with Crippen molar-refractivity contribution in [2.75, 3.05) is 7.11 Å². The quantitative estimate of drug-likeness (QED) is 0.177. The number of nitrogens with zero attached hydrogens (tertiary/aromatic N) is 3. The minimum atomic E-state index is -0.916. The molecule has 0 spiro atoms. The molecule has 0 aliphatic carbocycles. The van der Waals surface area contributed by atoms with Crippen LogP contribution in [0.1, 0.15) is 62.0 Å². The number of fused-ring (bicyclic) bond motifs is 1. The van der Waals surface area contributed by atoms with Crippen LogP contribution in [0.5, 0.6) is 0 Å². The van der Waals surface area contributed by atoms with E-state index >= 15 is 0 Å². The summed E-state index contributed by atoms with van der Waals surface area (Å²) in [6.45, 7) is 5.42. The summed E-state index contributed by atoms with van der Waals surface area (Å²) in [6.07, 6.45) is 1.65. The maximum Gasteiger partial charge on any atom is 0.373 e. The molecule has 9 nitrogen and oxygen atoms in total. The molecule has 10 heteroatoms. The molecule has 0 fully saturated rings. The van der Waals surface area contributed by atoms with Gasteiger partial charge in [0.25, 0.3) is 5.91 Å². The number of halogens is 1. The number of hydrogen-bond donors (Lipinski definition) is 1. The maximum atomic E-state index is 14.3. The number of aromatic nitrogens is 2. The number of esters is 1. The number of aryl methyl sites for hydroxylation is 1. The average molecular weight is 612 g/mol. The molecule has 0 bridgehead atoms. The standard InChI is InChI=1S/C34H30ClN3O6/c1-19-21(3)37-28-11-6-5-10-26(28)31(19)32(39)38(17-25-12-13-30(44-25)34(42)43-4)18-29-27(35)15-24(16-36-29)23-9-7-8-22(14-23)20(2)33(40)41/h5-16,20H,17-18H2,1-4H3,(H,40,41). The zero-order valence-electron chi connectivity index (χ0n) is 24.6. The lowest BCUT2D eigenvalue weighted by Crippen LogP contribution is -2.31. The van der Waals surface area contributed by atoms with Gasteiger partial charge in [0.15, 0.2) is 0 Å². The van der Waals surface area contributed by atoms with Crippen molar-refractivity contribution in [2.24, 2.45) is 0 Å². The molecular weight excluding hydrogens is 582 g/mol. The van der Waals surface area contributed by atoms with Gasteiger partial charge in [0.2, 0.25) is 5.76 Å². The topological polar surface area (TPSA) is 123 Å². The van der Waals surface area contributed by atoms with E-state index in [1.54, 1.807) is 48.4 Å². The van der Waals surface area contributed by atoms with Crippen molar-refractivity contribution in [3.8, 4) is 11.1 Å². The van der Waals surface area contributed by atoms with E-state index in [0.29, 0.717) is 44.1 Å². The summed E-state index contributed by atoms with van der Waals surface area (Å²) in [4.78, 5) is 48.7. The van der Waals surface area contributed by atoms with Gasteiger partial charge in [-0.05, 0) is 61.7 Å². The van der Waals surface area contributed by atoms with Crippen molar-refractivity contribution in [3.63, 3.8) is 0 Å².